The Kier molecular flexibility index (Phi) is 5.05. The molecule has 3 heterocycles. The molecular formula is C21H24N4O2. The van der Waals surface area contributed by atoms with Crippen LogP contribution in [-0.4, -0.2) is 54.4 Å². The molecule has 2 amide bonds. The number of carbonyl (C=O) groups is 2. The third kappa shape index (κ3) is 3.79. The van der Waals surface area contributed by atoms with Crippen molar-refractivity contribution in [3.63, 3.8) is 0 Å². The lowest BCUT2D eigenvalue weighted by molar-refractivity contribution is 0.0733. The zero-order chi connectivity index (χ0) is 18.6. The predicted molar refractivity (Wildman–Crippen MR) is 104 cm³/mol. The van der Waals surface area contributed by atoms with E-state index in [0.717, 1.165) is 36.3 Å². The van der Waals surface area contributed by atoms with Gasteiger partial charge < -0.3 is 15.1 Å². The Balaban J connectivity index is 1.32. The summed E-state index contributed by atoms with van der Waals surface area (Å²) >= 11 is 0. The summed E-state index contributed by atoms with van der Waals surface area (Å²) in [6.45, 7) is 3.68. The molecule has 0 spiro atoms. The van der Waals surface area contributed by atoms with Crippen molar-refractivity contribution in [2.24, 2.45) is 0 Å². The number of pyridine rings is 1. The van der Waals surface area contributed by atoms with Crippen molar-refractivity contribution in [2.45, 2.75) is 19.3 Å². The fourth-order valence-electron chi connectivity index (χ4n) is 3.80. The van der Waals surface area contributed by atoms with Crippen molar-refractivity contribution in [2.75, 3.05) is 37.6 Å². The van der Waals surface area contributed by atoms with Crippen LogP contribution in [0, 0.1) is 0 Å². The molecule has 1 fully saturated rings. The number of fused-ring (bicyclic) bond motifs is 1. The minimum Gasteiger partial charge on any atom is -0.371 e. The molecule has 2 aliphatic rings. The Bertz CT molecular complexity index is 846. The van der Waals surface area contributed by atoms with Gasteiger partial charge in [0.05, 0.1) is 0 Å². The summed E-state index contributed by atoms with van der Waals surface area (Å²) in [6.07, 6.45) is 4.93. The second-order valence-electron chi connectivity index (χ2n) is 7.05. The third-order valence-electron chi connectivity index (χ3n) is 5.30. The first-order valence-corrected chi connectivity index (χ1v) is 9.59. The van der Waals surface area contributed by atoms with Gasteiger partial charge in [-0.05, 0) is 43.0 Å². The molecule has 6 nitrogen and oxygen atoms in total. The van der Waals surface area contributed by atoms with Crippen LogP contribution < -0.4 is 10.2 Å². The van der Waals surface area contributed by atoms with Gasteiger partial charge in [0, 0.05) is 50.2 Å². The van der Waals surface area contributed by atoms with Gasteiger partial charge in [-0.15, -0.1) is 0 Å². The molecule has 1 aromatic heterocycles. The van der Waals surface area contributed by atoms with Crippen LogP contribution >= 0.6 is 0 Å². The van der Waals surface area contributed by atoms with Crippen LogP contribution in [0.4, 0.5) is 5.69 Å². The van der Waals surface area contributed by atoms with Crippen LogP contribution in [0.2, 0.25) is 0 Å². The average molecular weight is 364 g/mol. The zero-order valence-corrected chi connectivity index (χ0v) is 15.4. The number of nitrogens with zero attached hydrogens (tertiary/aromatic N) is 3. The Morgan fingerprint density at radius 2 is 1.93 bits per heavy atom. The number of hydrogen-bond donors (Lipinski definition) is 1. The first kappa shape index (κ1) is 17.5. The van der Waals surface area contributed by atoms with Crippen LogP contribution in [0.15, 0.2) is 42.6 Å². The summed E-state index contributed by atoms with van der Waals surface area (Å²) in [7, 11) is 0. The van der Waals surface area contributed by atoms with E-state index in [4.69, 9.17) is 0 Å². The average Bonchev–Trinajstić information content (AvgIpc) is 3.25. The number of benzene rings is 1. The SMILES string of the molecule is O=C(NCCN1CCc2ccccc2C1=O)c1cc(N2CCCC2)ccn1. The van der Waals surface area contributed by atoms with E-state index in [0.29, 0.717) is 25.3 Å². The van der Waals surface area contributed by atoms with Crippen molar-refractivity contribution >= 4 is 17.5 Å². The molecule has 1 saturated heterocycles. The lowest BCUT2D eigenvalue weighted by Gasteiger charge is -2.28. The number of aromatic nitrogens is 1. The molecule has 0 aliphatic carbocycles. The molecule has 0 unspecified atom stereocenters. The Hall–Kier alpha value is -2.89. The highest BCUT2D eigenvalue weighted by Gasteiger charge is 2.23. The van der Waals surface area contributed by atoms with E-state index in [1.807, 2.05) is 36.4 Å². The molecule has 4 rings (SSSR count). The molecule has 6 heteroatoms. The van der Waals surface area contributed by atoms with Gasteiger partial charge in [0.25, 0.3) is 11.8 Å². The van der Waals surface area contributed by atoms with Gasteiger partial charge in [-0.3, -0.25) is 14.6 Å². The first-order valence-electron chi connectivity index (χ1n) is 9.59. The highest BCUT2D eigenvalue weighted by Crippen LogP contribution is 2.20. The standard InChI is InChI=1S/C21H24N4O2/c26-20(19-15-17(7-9-22-19)24-11-3-4-12-24)23-10-14-25-13-8-16-5-1-2-6-18(16)21(25)27/h1-2,5-7,9,15H,3-4,8,10-14H2,(H,23,26). The van der Waals surface area contributed by atoms with Gasteiger partial charge in [0.2, 0.25) is 0 Å². The molecular weight excluding hydrogens is 340 g/mol. The predicted octanol–water partition coefficient (Wildman–Crippen LogP) is 2.11. The maximum Gasteiger partial charge on any atom is 0.270 e. The lowest BCUT2D eigenvalue weighted by Crippen LogP contribution is -2.42. The number of carbonyl (C=O) groups excluding carboxylic acids is 2. The number of nitrogens with one attached hydrogen (secondary N) is 1. The van der Waals surface area contributed by atoms with Gasteiger partial charge in [-0.25, -0.2) is 0 Å². The number of hydrogen-bond acceptors (Lipinski definition) is 4. The fourth-order valence-corrected chi connectivity index (χ4v) is 3.80. The highest BCUT2D eigenvalue weighted by atomic mass is 16.2. The van der Waals surface area contributed by atoms with Gasteiger partial charge in [0.1, 0.15) is 5.69 Å². The first-order chi connectivity index (χ1) is 13.2. The molecule has 0 radical (unpaired) electrons. The topological polar surface area (TPSA) is 65.5 Å². The van der Waals surface area contributed by atoms with E-state index in [1.54, 1.807) is 11.1 Å². The summed E-state index contributed by atoms with van der Waals surface area (Å²) < 4.78 is 0. The van der Waals surface area contributed by atoms with Crippen LogP contribution in [0.3, 0.4) is 0 Å². The van der Waals surface area contributed by atoms with Crippen molar-refractivity contribution in [3.05, 3.63) is 59.4 Å². The van der Waals surface area contributed by atoms with Crippen LogP contribution in [0.5, 0.6) is 0 Å². The molecule has 27 heavy (non-hydrogen) atoms. The van der Waals surface area contributed by atoms with Crippen LogP contribution in [-0.2, 0) is 6.42 Å². The summed E-state index contributed by atoms with van der Waals surface area (Å²) in [4.78, 5) is 33.3. The van der Waals surface area contributed by atoms with E-state index in [-0.39, 0.29) is 11.8 Å². The van der Waals surface area contributed by atoms with E-state index in [2.05, 4.69) is 15.2 Å². The molecule has 1 N–H and O–H groups in total. The van der Waals surface area contributed by atoms with Gasteiger partial charge in [0.15, 0.2) is 0 Å². The van der Waals surface area contributed by atoms with Crippen molar-refractivity contribution in [1.29, 1.82) is 0 Å². The second-order valence-corrected chi connectivity index (χ2v) is 7.05. The van der Waals surface area contributed by atoms with Crippen molar-refractivity contribution in [3.8, 4) is 0 Å². The molecule has 1 aromatic carbocycles. The second kappa shape index (κ2) is 7.78. The smallest absolute Gasteiger partial charge is 0.270 e. The normalized spacial score (nSPS) is 16.4. The quantitative estimate of drug-likeness (QED) is 0.883. The molecule has 2 aliphatic heterocycles. The molecule has 140 valence electrons. The maximum atomic E-state index is 12.5. The van der Waals surface area contributed by atoms with E-state index in [1.165, 1.54) is 12.8 Å². The zero-order valence-electron chi connectivity index (χ0n) is 15.4. The molecule has 0 atom stereocenters. The van der Waals surface area contributed by atoms with Gasteiger partial charge >= 0.3 is 0 Å². The van der Waals surface area contributed by atoms with Gasteiger partial charge in [-0.2, -0.15) is 0 Å². The monoisotopic (exact) mass is 364 g/mol. The largest absolute Gasteiger partial charge is 0.371 e. The Labute approximate surface area is 159 Å². The van der Waals surface area contributed by atoms with E-state index < -0.39 is 0 Å². The number of amides is 2. The molecule has 0 bridgehead atoms. The highest BCUT2D eigenvalue weighted by molar-refractivity contribution is 5.97. The molecule has 0 saturated carbocycles. The maximum absolute atomic E-state index is 12.5. The summed E-state index contributed by atoms with van der Waals surface area (Å²) in [6, 6.07) is 11.5. The molecule has 2 aromatic rings. The van der Waals surface area contributed by atoms with E-state index in [9.17, 15) is 9.59 Å². The fraction of sp³-hybridized carbons (Fsp3) is 0.381. The number of rotatable bonds is 5. The Morgan fingerprint density at radius 3 is 2.78 bits per heavy atom. The van der Waals surface area contributed by atoms with Crippen molar-refractivity contribution in [1.82, 2.24) is 15.2 Å². The van der Waals surface area contributed by atoms with Crippen LogP contribution in [0.25, 0.3) is 0 Å². The van der Waals surface area contributed by atoms with E-state index >= 15 is 0 Å². The minimum atomic E-state index is -0.194. The lowest BCUT2D eigenvalue weighted by atomic mass is 9.99. The summed E-state index contributed by atoms with van der Waals surface area (Å²) in [5.41, 5.74) is 3.35. The van der Waals surface area contributed by atoms with Crippen LogP contribution in [0.1, 0.15) is 39.3 Å². The summed E-state index contributed by atoms with van der Waals surface area (Å²) in [5.74, 6) is -0.152. The number of anilines is 1. The summed E-state index contributed by atoms with van der Waals surface area (Å²) in [5, 5.41) is 2.89. The van der Waals surface area contributed by atoms with Crippen molar-refractivity contribution < 1.29 is 9.59 Å². The Morgan fingerprint density at radius 1 is 1.11 bits per heavy atom. The third-order valence-corrected chi connectivity index (χ3v) is 5.30. The minimum absolute atomic E-state index is 0.0419. The van der Waals surface area contributed by atoms with Gasteiger partial charge in [-0.1, -0.05) is 18.2 Å².